The lowest BCUT2D eigenvalue weighted by Gasteiger charge is -2.10. The van der Waals surface area contributed by atoms with Crippen molar-refractivity contribution in [1.29, 1.82) is 0 Å². The van der Waals surface area contributed by atoms with E-state index in [0.717, 1.165) is 10.4 Å². The van der Waals surface area contributed by atoms with Crippen molar-refractivity contribution < 1.29 is 5.11 Å². The number of hydrogen-bond donors (Lipinski definition) is 1. The first-order chi connectivity index (χ1) is 8.08. The molecule has 0 radical (unpaired) electrons. The van der Waals surface area contributed by atoms with Crippen molar-refractivity contribution in [3.8, 4) is 0 Å². The number of halogens is 3. The zero-order chi connectivity index (χ0) is 12.4. The molecule has 1 unspecified atom stereocenters. The second kappa shape index (κ2) is 5.59. The van der Waals surface area contributed by atoms with Crippen molar-refractivity contribution in [2.75, 3.05) is 0 Å². The van der Waals surface area contributed by atoms with Crippen molar-refractivity contribution in [2.24, 2.45) is 0 Å². The Morgan fingerprint density at radius 1 is 1.24 bits per heavy atom. The summed E-state index contributed by atoms with van der Waals surface area (Å²) in [6, 6.07) is 7.15. The molecule has 90 valence electrons. The summed E-state index contributed by atoms with van der Waals surface area (Å²) in [7, 11) is 0. The quantitative estimate of drug-likeness (QED) is 0.847. The van der Waals surface area contributed by atoms with Crippen LogP contribution in [0, 0.1) is 0 Å². The number of hydrogen-bond acceptors (Lipinski definition) is 2. The fourth-order valence-electron chi connectivity index (χ4n) is 1.52. The van der Waals surface area contributed by atoms with Gasteiger partial charge in [0, 0.05) is 16.7 Å². The van der Waals surface area contributed by atoms with Crippen LogP contribution >= 0.6 is 46.1 Å². The smallest absolute Gasteiger partial charge is 0.0923 e. The van der Waals surface area contributed by atoms with Crippen LogP contribution in [-0.4, -0.2) is 5.11 Å². The summed E-state index contributed by atoms with van der Waals surface area (Å²) in [5, 5.41) is 13.5. The lowest BCUT2D eigenvalue weighted by molar-refractivity contribution is 0.182. The van der Waals surface area contributed by atoms with Crippen LogP contribution in [0.4, 0.5) is 0 Å². The van der Waals surface area contributed by atoms with Crippen LogP contribution < -0.4 is 0 Å². The Labute approximate surface area is 119 Å². The SMILES string of the molecule is OC(Cc1cccc(Cl)c1Cl)c1cc(Cl)cs1. The van der Waals surface area contributed by atoms with Gasteiger partial charge in [-0.25, -0.2) is 0 Å². The third-order valence-electron chi connectivity index (χ3n) is 2.36. The molecule has 0 aliphatic rings. The van der Waals surface area contributed by atoms with E-state index in [1.807, 2.05) is 12.1 Å². The highest BCUT2D eigenvalue weighted by Crippen LogP contribution is 2.31. The Morgan fingerprint density at radius 3 is 2.65 bits per heavy atom. The minimum Gasteiger partial charge on any atom is -0.387 e. The Kier molecular flexibility index (Phi) is 4.34. The molecular weight excluding hydrogens is 299 g/mol. The van der Waals surface area contributed by atoms with Crippen LogP contribution in [0.1, 0.15) is 16.5 Å². The first-order valence-electron chi connectivity index (χ1n) is 4.93. The fraction of sp³-hybridized carbons (Fsp3) is 0.167. The van der Waals surface area contributed by atoms with Crippen LogP contribution in [0.3, 0.4) is 0 Å². The molecular formula is C12H9Cl3OS. The molecule has 0 amide bonds. The molecule has 0 bridgehead atoms. The Balaban J connectivity index is 2.18. The highest BCUT2D eigenvalue weighted by atomic mass is 35.5. The van der Waals surface area contributed by atoms with Gasteiger partial charge in [-0.15, -0.1) is 11.3 Å². The Hall–Kier alpha value is -0.250. The first-order valence-corrected chi connectivity index (χ1v) is 6.94. The maximum atomic E-state index is 10.1. The van der Waals surface area contributed by atoms with E-state index in [9.17, 15) is 5.11 Å². The van der Waals surface area contributed by atoms with Crippen LogP contribution in [0.2, 0.25) is 15.1 Å². The highest BCUT2D eigenvalue weighted by Gasteiger charge is 2.14. The monoisotopic (exact) mass is 306 g/mol. The molecule has 0 aliphatic carbocycles. The van der Waals surface area contributed by atoms with E-state index in [0.29, 0.717) is 21.5 Å². The van der Waals surface area contributed by atoms with Gasteiger partial charge in [-0.2, -0.15) is 0 Å². The largest absolute Gasteiger partial charge is 0.387 e. The average Bonchev–Trinajstić information content (AvgIpc) is 2.72. The molecule has 0 saturated heterocycles. The van der Waals surface area contributed by atoms with Gasteiger partial charge in [0.25, 0.3) is 0 Å². The summed E-state index contributed by atoms with van der Waals surface area (Å²) < 4.78 is 0. The fourth-order valence-corrected chi connectivity index (χ4v) is 2.98. The molecule has 1 N–H and O–H groups in total. The molecule has 0 fully saturated rings. The van der Waals surface area contributed by atoms with E-state index in [2.05, 4.69) is 0 Å². The predicted octanol–water partition coefficient (Wildman–Crippen LogP) is 4.98. The number of benzene rings is 1. The summed E-state index contributed by atoms with van der Waals surface area (Å²) in [6.45, 7) is 0. The van der Waals surface area contributed by atoms with Gasteiger partial charge >= 0.3 is 0 Å². The zero-order valence-electron chi connectivity index (χ0n) is 8.66. The highest BCUT2D eigenvalue weighted by molar-refractivity contribution is 7.10. The van der Waals surface area contributed by atoms with Crippen LogP contribution in [0.25, 0.3) is 0 Å². The molecule has 1 aromatic carbocycles. The van der Waals surface area contributed by atoms with Crippen LogP contribution in [-0.2, 0) is 6.42 Å². The van der Waals surface area contributed by atoms with E-state index in [-0.39, 0.29) is 0 Å². The number of aliphatic hydroxyl groups is 1. The summed E-state index contributed by atoms with van der Waals surface area (Å²) in [5.41, 5.74) is 0.830. The third-order valence-corrected chi connectivity index (χ3v) is 4.60. The van der Waals surface area contributed by atoms with E-state index in [4.69, 9.17) is 34.8 Å². The minimum absolute atomic E-state index is 0.427. The normalized spacial score (nSPS) is 12.7. The van der Waals surface area contributed by atoms with E-state index < -0.39 is 6.10 Å². The lowest BCUT2D eigenvalue weighted by atomic mass is 10.1. The van der Waals surface area contributed by atoms with Gasteiger partial charge in [-0.3, -0.25) is 0 Å². The van der Waals surface area contributed by atoms with E-state index in [1.165, 1.54) is 11.3 Å². The summed E-state index contributed by atoms with van der Waals surface area (Å²) in [4.78, 5) is 0.825. The molecule has 0 spiro atoms. The summed E-state index contributed by atoms with van der Waals surface area (Å²) in [5.74, 6) is 0. The standard InChI is InChI=1S/C12H9Cl3OS/c13-8-5-11(17-6-8)10(16)4-7-2-1-3-9(14)12(7)15/h1-3,5-6,10,16H,4H2. The van der Waals surface area contributed by atoms with Crippen molar-refractivity contribution >= 4 is 46.1 Å². The van der Waals surface area contributed by atoms with Crippen molar-refractivity contribution in [2.45, 2.75) is 12.5 Å². The van der Waals surface area contributed by atoms with E-state index in [1.54, 1.807) is 17.5 Å². The van der Waals surface area contributed by atoms with Gasteiger partial charge in [0.15, 0.2) is 0 Å². The lowest BCUT2D eigenvalue weighted by Crippen LogP contribution is -2.00. The predicted molar refractivity (Wildman–Crippen MR) is 74.5 cm³/mol. The molecule has 1 heterocycles. The average molecular weight is 308 g/mol. The Morgan fingerprint density at radius 2 is 2.00 bits per heavy atom. The molecule has 1 atom stereocenters. The molecule has 2 aromatic rings. The molecule has 2 rings (SSSR count). The molecule has 0 saturated carbocycles. The third kappa shape index (κ3) is 3.15. The van der Waals surface area contributed by atoms with Crippen molar-refractivity contribution in [3.05, 3.63) is 55.2 Å². The number of aliphatic hydroxyl groups excluding tert-OH is 1. The van der Waals surface area contributed by atoms with Crippen LogP contribution in [0.15, 0.2) is 29.6 Å². The molecule has 5 heteroatoms. The first kappa shape index (κ1) is 13.2. The topological polar surface area (TPSA) is 20.2 Å². The van der Waals surface area contributed by atoms with Gasteiger partial charge < -0.3 is 5.11 Å². The van der Waals surface area contributed by atoms with Gasteiger partial charge in [0.2, 0.25) is 0 Å². The maximum Gasteiger partial charge on any atom is 0.0923 e. The second-order valence-corrected chi connectivity index (χ2v) is 5.76. The van der Waals surface area contributed by atoms with Gasteiger partial charge in [0.1, 0.15) is 0 Å². The maximum absolute atomic E-state index is 10.1. The Bertz CT molecular complexity index is 524. The molecule has 1 nitrogen and oxygen atoms in total. The zero-order valence-corrected chi connectivity index (χ0v) is 11.7. The van der Waals surface area contributed by atoms with Crippen LogP contribution in [0.5, 0.6) is 0 Å². The van der Waals surface area contributed by atoms with Crippen molar-refractivity contribution in [1.82, 2.24) is 0 Å². The molecule has 0 aliphatic heterocycles. The number of rotatable bonds is 3. The van der Waals surface area contributed by atoms with Gasteiger partial charge in [0.05, 0.1) is 21.2 Å². The number of thiophene rings is 1. The summed E-state index contributed by atoms with van der Waals surface area (Å²) >= 11 is 19.2. The molecule has 1 aromatic heterocycles. The summed E-state index contributed by atoms with van der Waals surface area (Å²) in [6.07, 6.45) is -0.181. The van der Waals surface area contributed by atoms with E-state index >= 15 is 0 Å². The van der Waals surface area contributed by atoms with Gasteiger partial charge in [-0.1, -0.05) is 46.9 Å². The van der Waals surface area contributed by atoms with Gasteiger partial charge in [-0.05, 0) is 17.7 Å². The van der Waals surface area contributed by atoms with Crippen molar-refractivity contribution in [3.63, 3.8) is 0 Å². The second-order valence-electron chi connectivity index (χ2n) is 3.60. The minimum atomic E-state index is -0.608. The molecule has 17 heavy (non-hydrogen) atoms.